The zero-order valence-corrected chi connectivity index (χ0v) is 11.6. The quantitative estimate of drug-likeness (QED) is 0.879. The summed E-state index contributed by atoms with van der Waals surface area (Å²) in [5, 5.41) is 18.0. The maximum Gasteiger partial charge on any atom is 0.242 e. The molecule has 1 saturated carbocycles. The molecule has 1 fully saturated rings. The van der Waals surface area contributed by atoms with Gasteiger partial charge in [-0.2, -0.15) is 5.26 Å². The smallest absolute Gasteiger partial charge is 0.242 e. The predicted octanol–water partition coefficient (Wildman–Crippen LogP) is 1.40. The van der Waals surface area contributed by atoms with Gasteiger partial charge in [0.05, 0.1) is 28.8 Å². The number of aliphatic hydroxyl groups is 1. The molecule has 2 rings (SSSR count). The van der Waals surface area contributed by atoms with Crippen molar-refractivity contribution in [1.29, 1.82) is 5.26 Å². The summed E-state index contributed by atoms with van der Waals surface area (Å²) in [6.07, 6.45) is 2.09. The van der Waals surface area contributed by atoms with Crippen LogP contribution in [0.15, 0.2) is 23.1 Å². The Labute approximate surface area is 116 Å². The van der Waals surface area contributed by atoms with Crippen LogP contribution < -0.4 is 4.72 Å². The van der Waals surface area contributed by atoms with Crippen molar-refractivity contribution in [3.8, 4) is 6.07 Å². The molecule has 1 aromatic carbocycles. The number of hydrogen-bond acceptors (Lipinski definition) is 4. The van der Waals surface area contributed by atoms with E-state index < -0.39 is 15.6 Å². The van der Waals surface area contributed by atoms with Crippen LogP contribution in [0.5, 0.6) is 0 Å². The van der Waals surface area contributed by atoms with E-state index in [1.165, 1.54) is 18.2 Å². The summed E-state index contributed by atoms with van der Waals surface area (Å²) in [6.45, 7) is -0.236. The minimum atomic E-state index is -3.80. The Bertz CT molecular complexity index is 627. The molecule has 0 radical (unpaired) electrons. The van der Waals surface area contributed by atoms with E-state index in [0.29, 0.717) is 18.4 Å². The molecule has 0 unspecified atom stereocenters. The summed E-state index contributed by atoms with van der Waals surface area (Å²) in [7, 11) is -3.80. The summed E-state index contributed by atoms with van der Waals surface area (Å²) in [4.78, 5) is -0.0760. The van der Waals surface area contributed by atoms with Gasteiger partial charge in [-0.05, 0) is 37.5 Å². The molecule has 2 N–H and O–H groups in total. The highest BCUT2D eigenvalue weighted by Crippen LogP contribution is 2.34. The van der Waals surface area contributed by atoms with Gasteiger partial charge in [0.15, 0.2) is 0 Å². The van der Waals surface area contributed by atoms with Crippen LogP contribution in [0.4, 0.5) is 0 Å². The van der Waals surface area contributed by atoms with Crippen molar-refractivity contribution in [1.82, 2.24) is 4.72 Å². The molecule has 0 aliphatic heterocycles. The van der Waals surface area contributed by atoms with Gasteiger partial charge >= 0.3 is 0 Å². The Balaban J connectivity index is 2.32. The SMILES string of the molecule is N#Cc1ccc(S(=O)(=O)NC2(CO)CCC2)c(Cl)c1. The predicted molar refractivity (Wildman–Crippen MR) is 70.2 cm³/mol. The fourth-order valence-electron chi connectivity index (χ4n) is 2.02. The Hall–Kier alpha value is -1.13. The van der Waals surface area contributed by atoms with Gasteiger partial charge in [-0.25, -0.2) is 13.1 Å². The molecule has 1 aromatic rings. The van der Waals surface area contributed by atoms with Gasteiger partial charge in [-0.1, -0.05) is 11.6 Å². The highest BCUT2D eigenvalue weighted by Gasteiger charge is 2.40. The molecule has 0 spiro atoms. The van der Waals surface area contributed by atoms with Crippen molar-refractivity contribution in [2.45, 2.75) is 29.7 Å². The van der Waals surface area contributed by atoms with E-state index in [-0.39, 0.29) is 16.5 Å². The van der Waals surface area contributed by atoms with Crippen LogP contribution >= 0.6 is 11.6 Å². The van der Waals surface area contributed by atoms with Gasteiger partial charge in [-0.15, -0.1) is 0 Å². The third-order valence-electron chi connectivity index (χ3n) is 3.31. The minimum Gasteiger partial charge on any atom is -0.394 e. The molecule has 0 atom stereocenters. The number of rotatable bonds is 4. The zero-order valence-electron chi connectivity index (χ0n) is 10.1. The molecule has 1 aliphatic carbocycles. The zero-order chi connectivity index (χ0) is 14.1. The Kier molecular flexibility index (Phi) is 3.83. The lowest BCUT2D eigenvalue weighted by molar-refractivity contribution is 0.110. The number of halogens is 1. The molecule has 19 heavy (non-hydrogen) atoms. The molecular formula is C12H13ClN2O3S. The first-order valence-electron chi connectivity index (χ1n) is 5.77. The van der Waals surface area contributed by atoms with E-state index in [1.54, 1.807) is 0 Å². The standard InChI is InChI=1S/C12H13ClN2O3S/c13-10-6-9(7-14)2-3-11(10)19(17,18)15-12(8-16)4-1-5-12/h2-3,6,15-16H,1,4-5,8H2. The van der Waals surface area contributed by atoms with Crippen LogP contribution in [-0.2, 0) is 10.0 Å². The maximum absolute atomic E-state index is 12.2. The fraction of sp³-hybridized carbons (Fsp3) is 0.417. The first-order chi connectivity index (χ1) is 8.92. The second kappa shape index (κ2) is 5.10. The van der Waals surface area contributed by atoms with E-state index in [9.17, 15) is 13.5 Å². The first-order valence-corrected chi connectivity index (χ1v) is 7.63. The van der Waals surface area contributed by atoms with Crippen molar-refractivity contribution in [3.63, 3.8) is 0 Å². The first kappa shape index (κ1) is 14.3. The largest absolute Gasteiger partial charge is 0.394 e. The van der Waals surface area contributed by atoms with E-state index in [4.69, 9.17) is 16.9 Å². The van der Waals surface area contributed by atoms with E-state index >= 15 is 0 Å². The highest BCUT2D eigenvalue weighted by atomic mass is 35.5. The molecule has 0 heterocycles. The van der Waals surface area contributed by atoms with Crippen molar-refractivity contribution >= 4 is 21.6 Å². The van der Waals surface area contributed by atoms with E-state index in [1.807, 2.05) is 6.07 Å². The van der Waals surface area contributed by atoms with Crippen molar-refractivity contribution < 1.29 is 13.5 Å². The number of aliphatic hydroxyl groups excluding tert-OH is 1. The summed E-state index contributed by atoms with van der Waals surface area (Å²) < 4.78 is 27.0. The molecule has 7 heteroatoms. The summed E-state index contributed by atoms with van der Waals surface area (Å²) >= 11 is 5.89. The molecule has 0 bridgehead atoms. The average Bonchev–Trinajstić information content (AvgIpc) is 2.33. The summed E-state index contributed by atoms with van der Waals surface area (Å²) in [5.74, 6) is 0. The molecule has 1 aliphatic rings. The number of hydrogen-bond donors (Lipinski definition) is 2. The van der Waals surface area contributed by atoms with Crippen LogP contribution in [-0.4, -0.2) is 25.7 Å². The third-order valence-corrected chi connectivity index (χ3v) is 5.38. The van der Waals surface area contributed by atoms with Crippen molar-refractivity contribution in [3.05, 3.63) is 28.8 Å². The topological polar surface area (TPSA) is 90.2 Å². The fourth-order valence-corrected chi connectivity index (χ4v) is 4.02. The third kappa shape index (κ3) is 2.74. The van der Waals surface area contributed by atoms with Crippen LogP contribution in [0.1, 0.15) is 24.8 Å². The number of nitriles is 1. The number of nitrogens with zero attached hydrogens (tertiary/aromatic N) is 1. The van der Waals surface area contributed by atoms with E-state index in [2.05, 4.69) is 4.72 Å². The van der Waals surface area contributed by atoms with Crippen molar-refractivity contribution in [2.24, 2.45) is 0 Å². The Morgan fingerprint density at radius 2 is 2.16 bits per heavy atom. The summed E-state index contributed by atoms with van der Waals surface area (Å²) in [6, 6.07) is 5.89. The normalized spacial score (nSPS) is 17.5. The Morgan fingerprint density at radius 3 is 2.58 bits per heavy atom. The molecule has 102 valence electrons. The second-order valence-electron chi connectivity index (χ2n) is 4.65. The van der Waals surface area contributed by atoms with Gasteiger partial charge in [0.25, 0.3) is 0 Å². The lowest BCUT2D eigenvalue weighted by Crippen LogP contribution is -2.55. The molecular weight excluding hydrogens is 288 g/mol. The second-order valence-corrected chi connectivity index (χ2v) is 6.71. The highest BCUT2D eigenvalue weighted by molar-refractivity contribution is 7.89. The average molecular weight is 301 g/mol. The van der Waals surface area contributed by atoms with Gasteiger partial charge in [0.1, 0.15) is 4.90 Å². The molecule has 0 saturated heterocycles. The molecule has 0 aromatic heterocycles. The summed E-state index contributed by atoms with van der Waals surface area (Å²) in [5.41, 5.74) is -0.472. The van der Waals surface area contributed by atoms with Crippen LogP contribution in [0.2, 0.25) is 5.02 Å². The van der Waals surface area contributed by atoms with Gasteiger partial charge in [0, 0.05) is 0 Å². The molecule has 5 nitrogen and oxygen atoms in total. The van der Waals surface area contributed by atoms with Crippen LogP contribution in [0.3, 0.4) is 0 Å². The van der Waals surface area contributed by atoms with Gasteiger partial charge in [-0.3, -0.25) is 0 Å². The molecule has 0 amide bonds. The number of sulfonamides is 1. The number of benzene rings is 1. The monoisotopic (exact) mass is 300 g/mol. The van der Waals surface area contributed by atoms with Crippen molar-refractivity contribution in [2.75, 3.05) is 6.61 Å². The number of nitrogens with one attached hydrogen (secondary N) is 1. The van der Waals surface area contributed by atoms with Crippen LogP contribution in [0, 0.1) is 11.3 Å². The van der Waals surface area contributed by atoms with Crippen LogP contribution in [0.25, 0.3) is 0 Å². The van der Waals surface area contributed by atoms with Gasteiger partial charge in [0.2, 0.25) is 10.0 Å². The lowest BCUT2D eigenvalue weighted by atomic mass is 9.78. The lowest BCUT2D eigenvalue weighted by Gasteiger charge is -2.40. The van der Waals surface area contributed by atoms with E-state index in [0.717, 1.165) is 6.42 Å². The minimum absolute atomic E-state index is 0.000960. The van der Waals surface area contributed by atoms with Gasteiger partial charge < -0.3 is 5.11 Å². The Morgan fingerprint density at radius 1 is 1.47 bits per heavy atom. The maximum atomic E-state index is 12.2.